The van der Waals surface area contributed by atoms with Gasteiger partial charge >= 0.3 is 0 Å². The van der Waals surface area contributed by atoms with Crippen LogP contribution in [0.15, 0.2) is 59.7 Å². The van der Waals surface area contributed by atoms with Crippen molar-refractivity contribution in [3.63, 3.8) is 0 Å². The molecule has 0 atom stereocenters. The van der Waals surface area contributed by atoms with Gasteiger partial charge in [-0.25, -0.2) is 9.97 Å². The van der Waals surface area contributed by atoms with Crippen LogP contribution in [-0.4, -0.2) is 39.4 Å². The summed E-state index contributed by atoms with van der Waals surface area (Å²) in [6, 6.07) is 9.23. The minimum absolute atomic E-state index is 0.141. The third kappa shape index (κ3) is 4.63. The number of carbonyl (C=O) groups excluding carboxylic acids is 1. The van der Waals surface area contributed by atoms with Crippen molar-refractivity contribution in [1.29, 1.82) is 0 Å². The SMILES string of the molecule is CN(CCc1ccncc1)C(=O)c1cc(NCc2ccco2)ncn1. The van der Waals surface area contributed by atoms with Crippen LogP contribution in [0.1, 0.15) is 21.8 Å². The molecule has 1 amide bonds. The lowest BCUT2D eigenvalue weighted by Crippen LogP contribution is -2.29. The van der Waals surface area contributed by atoms with Gasteiger partial charge in [0.15, 0.2) is 0 Å². The Labute approximate surface area is 145 Å². The van der Waals surface area contributed by atoms with Crippen LogP contribution in [0.2, 0.25) is 0 Å². The van der Waals surface area contributed by atoms with E-state index in [4.69, 9.17) is 4.42 Å². The summed E-state index contributed by atoms with van der Waals surface area (Å²) >= 11 is 0. The number of nitrogens with zero attached hydrogens (tertiary/aromatic N) is 4. The van der Waals surface area contributed by atoms with E-state index in [-0.39, 0.29) is 5.91 Å². The van der Waals surface area contributed by atoms with Crippen molar-refractivity contribution in [2.24, 2.45) is 0 Å². The standard InChI is InChI=1S/C18H19N5O2/c1-23(9-6-14-4-7-19-8-5-14)18(24)16-11-17(22-13-21-16)20-12-15-3-2-10-25-15/h2-5,7-8,10-11,13H,6,9,12H2,1H3,(H,20,21,22). The van der Waals surface area contributed by atoms with Crippen molar-refractivity contribution in [1.82, 2.24) is 19.9 Å². The first-order valence-electron chi connectivity index (χ1n) is 7.95. The van der Waals surface area contributed by atoms with Crippen molar-refractivity contribution in [2.75, 3.05) is 18.9 Å². The number of hydrogen-bond acceptors (Lipinski definition) is 6. The molecular formula is C18H19N5O2. The van der Waals surface area contributed by atoms with Crippen LogP contribution < -0.4 is 5.32 Å². The molecule has 25 heavy (non-hydrogen) atoms. The highest BCUT2D eigenvalue weighted by Gasteiger charge is 2.14. The zero-order chi connectivity index (χ0) is 17.5. The number of hydrogen-bond donors (Lipinski definition) is 1. The molecule has 7 nitrogen and oxygen atoms in total. The fraction of sp³-hybridized carbons (Fsp3) is 0.222. The van der Waals surface area contributed by atoms with Crippen molar-refractivity contribution in [3.8, 4) is 0 Å². The van der Waals surface area contributed by atoms with E-state index >= 15 is 0 Å². The van der Waals surface area contributed by atoms with E-state index < -0.39 is 0 Å². The molecule has 7 heteroatoms. The maximum absolute atomic E-state index is 12.5. The summed E-state index contributed by atoms with van der Waals surface area (Å²) in [7, 11) is 1.77. The van der Waals surface area contributed by atoms with E-state index in [1.807, 2.05) is 24.3 Å². The van der Waals surface area contributed by atoms with E-state index in [1.165, 1.54) is 6.33 Å². The van der Waals surface area contributed by atoms with Gasteiger partial charge in [-0.05, 0) is 36.2 Å². The molecule has 0 saturated carbocycles. The first kappa shape index (κ1) is 16.6. The molecule has 0 aromatic carbocycles. The summed E-state index contributed by atoms with van der Waals surface area (Å²) in [6.07, 6.45) is 7.26. The largest absolute Gasteiger partial charge is 0.467 e. The lowest BCUT2D eigenvalue weighted by Gasteiger charge is -2.17. The second-order valence-electron chi connectivity index (χ2n) is 5.55. The van der Waals surface area contributed by atoms with Gasteiger partial charge < -0.3 is 14.6 Å². The van der Waals surface area contributed by atoms with Crippen molar-refractivity contribution in [2.45, 2.75) is 13.0 Å². The van der Waals surface area contributed by atoms with Gasteiger partial charge in [-0.15, -0.1) is 0 Å². The Hall–Kier alpha value is -3.22. The van der Waals surface area contributed by atoms with Gasteiger partial charge in [0.1, 0.15) is 23.6 Å². The van der Waals surface area contributed by atoms with Crippen molar-refractivity contribution < 1.29 is 9.21 Å². The molecule has 1 N–H and O–H groups in total. The summed E-state index contributed by atoms with van der Waals surface area (Å²) in [5.74, 6) is 1.23. The molecule has 3 heterocycles. The highest BCUT2D eigenvalue weighted by Crippen LogP contribution is 2.09. The minimum atomic E-state index is -0.141. The third-order valence-electron chi connectivity index (χ3n) is 3.74. The van der Waals surface area contributed by atoms with Gasteiger partial charge in [-0.2, -0.15) is 0 Å². The molecule has 128 valence electrons. The number of furan rings is 1. The van der Waals surface area contributed by atoms with Crippen LogP contribution in [0.3, 0.4) is 0 Å². The van der Waals surface area contributed by atoms with Crippen LogP contribution in [0, 0.1) is 0 Å². The summed E-state index contributed by atoms with van der Waals surface area (Å²) in [5, 5.41) is 3.12. The third-order valence-corrected chi connectivity index (χ3v) is 3.74. The number of likely N-dealkylation sites (N-methyl/N-ethyl adjacent to an activating group) is 1. The summed E-state index contributed by atoms with van der Waals surface area (Å²) in [4.78, 5) is 26.4. The number of aromatic nitrogens is 3. The van der Waals surface area contributed by atoms with Crippen LogP contribution in [0.4, 0.5) is 5.82 Å². The molecule has 0 saturated heterocycles. The van der Waals surface area contributed by atoms with Gasteiger partial charge in [-0.1, -0.05) is 0 Å². The topological polar surface area (TPSA) is 84.2 Å². The van der Waals surface area contributed by atoms with E-state index in [9.17, 15) is 4.79 Å². The molecule has 0 spiro atoms. The van der Waals surface area contributed by atoms with Crippen molar-refractivity contribution in [3.05, 3.63) is 72.3 Å². The predicted molar refractivity (Wildman–Crippen MR) is 93.0 cm³/mol. The lowest BCUT2D eigenvalue weighted by atomic mass is 10.2. The zero-order valence-corrected chi connectivity index (χ0v) is 13.9. The smallest absolute Gasteiger partial charge is 0.272 e. The van der Waals surface area contributed by atoms with Gasteiger partial charge in [0.05, 0.1) is 12.8 Å². The maximum atomic E-state index is 12.5. The molecular weight excluding hydrogens is 318 g/mol. The van der Waals surface area contributed by atoms with E-state index in [1.54, 1.807) is 36.7 Å². The number of pyridine rings is 1. The number of anilines is 1. The molecule has 0 aliphatic rings. The van der Waals surface area contributed by atoms with Crippen molar-refractivity contribution >= 4 is 11.7 Å². The zero-order valence-electron chi connectivity index (χ0n) is 13.9. The molecule has 0 fully saturated rings. The molecule has 3 aromatic rings. The molecule has 0 unspecified atom stereocenters. The van der Waals surface area contributed by atoms with E-state index in [0.29, 0.717) is 24.6 Å². The molecule has 3 rings (SSSR count). The molecule has 0 bridgehead atoms. The Morgan fingerprint density at radius 2 is 2.08 bits per heavy atom. The first-order valence-corrected chi connectivity index (χ1v) is 7.95. The summed E-state index contributed by atoms with van der Waals surface area (Å²) in [5.41, 5.74) is 1.49. The summed E-state index contributed by atoms with van der Waals surface area (Å²) < 4.78 is 5.26. The van der Waals surface area contributed by atoms with Gasteiger partial charge in [-0.3, -0.25) is 9.78 Å². The molecule has 0 aliphatic heterocycles. The second-order valence-corrected chi connectivity index (χ2v) is 5.55. The van der Waals surface area contributed by atoms with Crippen LogP contribution in [0.5, 0.6) is 0 Å². The quantitative estimate of drug-likeness (QED) is 0.713. The Kier molecular flexibility index (Phi) is 5.36. The Bertz CT molecular complexity index is 805. The monoisotopic (exact) mass is 337 g/mol. The van der Waals surface area contributed by atoms with E-state index in [0.717, 1.165) is 17.7 Å². The van der Waals surface area contributed by atoms with Crippen LogP contribution in [-0.2, 0) is 13.0 Å². The minimum Gasteiger partial charge on any atom is -0.467 e. The highest BCUT2D eigenvalue weighted by atomic mass is 16.3. The highest BCUT2D eigenvalue weighted by molar-refractivity contribution is 5.92. The van der Waals surface area contributed by atoms with Crippen LogP contribution >= 0.6 is 0 Å². The number of rotatable bonds is 7. The Morgan fingerprint density at radius 3 is 2.84 bits per heavy atom. The molecule has 3 aromatic heterocycles. The average Bonchev–Trinajstić information content (AvgIpc) is 3.18. The number of nitrogens with one attached hydrogen (secondary N) is 1. The Morgan fingerprint density at radius 1 is 1.24 bits per heavy atom. The second kappa shape index (κ2) is 8.05. The van der Waals surface area contributed by atoms with E-state index in [2.05, 4.69) is 20.3 Å². The number of carbonyl (C=O) groups is 1. The normalized spacial score (nSPS) is 10.4. The molecule has 0 radical (unpaired) electrons. The fourth-order valence-corrected chi connectivity index (χ4v) is 2.31. The Balaban J connectivity index is 1.58. The first-order chi connectivity index (χ1) is 12.2. The summed E-state index contributed by atoms with van der Waals surface area (Å²) in [6.45, 7) is 1.09. The lowest BCUT2D eigenvalue weighted by molar-refractivity contribution is 0.0790. The fourth-order valence-electron chi connectivity index (χ4n) is 2.31. The van der Waals surface area contributed by atoms with Gasteiger partial charge in [0.2, 0.25) is 0 Å². The predicted octanol–water partition coefficient (Wildman–Crippen LogP) is 2.39. The maximum Gasteiger partial charge on any atom is 0.272 e. The van der Waals surface area contributed by atoms with Gasteiger partial charge in [0.25, 0.3) is 5.91 Å². The average molecular weight is 337 g/mol. The van der Waals surface area contributed by atoms with Crippen LogP contribution in [0.25, 0.3) is 0 Å². The number of amides is 1. The molecule has 0 aliphatic carbocycles. The van der Waals surface area contributed by atoms with Gasteiger partial charge in [0, 0.05) is 32.1 Å².